The highest BCUT2D eigenvalue weighted by Gasteiger charge is 2.30. The normalized spacial score (nSPS) is 15.1. The summed E-state index contributed by atoms with van der Waals surface area (Å²) in [6.07, 6.45) is 0.710. The van der Waals surface area contributed by atoms with Crippen molar-refractivity contribution >= 4 is 28.6 Å². The second-order valence-corrected chi connectivity index (χ2v) is 7.45. The average molecular weight is 415 g/mol. The summed E-state index contributed by atoms with van der Waals surface area (Å²) < 4.78 is 0. The number of fused-ring (bicyclic) bond motifs is 1. The van der Waals surface area contributed by atoms with Gasteiger partial charge in [-0.25, -0.2) is 4.79 Å². The van der Waals surface area contributed by atoms with E-state index in [0.717, 1.165) is 16.3 Å². The molecular formula is C22H29N3O5. The predicted molar refractivity (Wildman–Crippen MR) is 114 cm³/mol. The number of carbonyl (C=O) groups excluding carboxylic acids is 2. The van der Waals surface area contributed by atoms with Crippen LogP contribution in [0.5, 0.6) is 0 Å². The second-order valence-electron chi connectivity index (χ2n) is 7.45. The highest BCUT2D eigenvalue weighted by molar-refractivity contribution is 5.92. The number of benzene rings is 2. The number of nitrogens with one attached hydrogen (secondary N) is 2. The lowest BCUT2D eigenvalue weighted by Gasteiger charge is -2.25. The Hall–Kier alpha value is -2.97. The first kappa shape index (κ1) is 23.3. The van der Waals surface area contributed by atoms with Gasteiger partial charge in [-0.1, -0.05) is 62.7 Å². The number of nitrogens with two attached hydrogens (primary N) is 1. The SMILES string of the molecule is CC[C@H](C)[C@H](NC(=O)[C@@H](Cc1ccc2ccccc2c1)NC(=O)[C@@H](N)CO)C(=O)O. The van der Waals surface area contributed by atoms with Gasteiger partial charge in [0.1, 0.15) is 18.1 Å². The molecule has 0 bridgehead atoms. The number of carbonyl (C=O) groups is 3. The molecule has 2 aromatic carbocycles. The number of carboxylic acid groups (broad SMARTS) is 1. The number of carboxylic acids is 1. The Balaban J connectivity index is 2.26. The molecule has 0 aromatic heterocycles. The van der Waals surface area contributed by atoms with Crippen LogP contribution in [0, 0.1) is 5.92 Å². The van der Waals surface area contributed by atoms with Crippen LogP contribution >= 0.6 is 0 Å². The zero-order chi connectivity index (χ0) is 22.3. The minimum absolute atomic E-state index is 0.146. The molecule has 0 unspecified atom stereocenters. The molecule has 2 amide bonds. The topological polar surface area (TPSA) is 142 Å². The van der Waals surface area contributed by atoms with Crippen LogP contribution in [0.15, 0.2) is 42.5 Å². The quantitative estimate of drug-likeness (QED) is 0.389. The minimum Gasteiger partial charge on any atom is -0.480 e. The number of aliphatic hydroxyl groups is 1. The Labute approximate surface area is 175 Å². The van der Waals surface area contributed by atoms with E-state index in [0.29, 0.717) is 6.42 Å². The van der Waals surface area contributed by atoms with E-state index in [2.05, 4.69) is 10.6 Å². The van der Waals surface area contributed by atoms with Crippen molar-refractivity contribution in [2.75, 3.05) is 6.61 Å². The van der Waals surface area contributed by atoms with Gasteiger partial charge in [0.15, 0.2) is 0 Å². The molecule has 0 spiro atoms. The maximum Gasteiger partial charge on any atom is 0.326 e. The van der Waals surface area contributed by atoms with E-state index in [1.807, 2.05) is 49.4 Å². The Bertz CT molecular complexity index is 901. The summed E-state index contributed by atoms with van der Waals surface area (Å²) in [6, 6.07) is 10.1. The van der Waals surface area contributed by atoms with E-state index in [-0.39, 0.29) is 12.3 Å². The van der Waals surface area contributed by atoms with Gasteiger partial charge >= 0.3 is 5.97 Å². The highest BCUT2D eigenvalue weighted by atomic mass is 16.4. The van der Waals surface area contributed by atoms with Crippen molar-refractivity contribution in [1.29, 1.82) is 0 Å². The molecule has 4 atom stereocenters. The lowest BCUT2D eigenvalue weighted by Crippen LogP contribution is -2.56. The molecule has 30 heavy (non-hydrogen) atoms. The predicted octanol–water partition coefficient (Wildman–Crippen LogP) is 0.802. The van der Waals surface area contributed by atoms with Crippen LogP contribution in [0.1, 0.15) is 25.8 Å². The second kappa shape index (κ2) is 10.7. The standard InChI is InChI=1S/C22H29N3O5/c1-3-13(2)19(22(29)30)25-21(28)18(24-20(27)17(23)12-26)11-14-8-9-15-6-4-5-7-16(15)10-14/h4-10,13,17-19,26H,3,11-12,23H2,1-2H3,(H,24,27)(H,25,28)(H,29,30)/t13-,17-,18+,19-/m0/s1. The Morgan fingerprint density at radius 1 is 1.03 bits per heavy atom. The van der Waals surface area contributed by atoms with Crippen molar-refractivity contribution in [2.45, 2.75) is 44.8 Å². The van der Waals surface area contributed by atoms with Gasteiger partial charge in [-0.3, -0.25) is 9.59 Å². The number of amides is 2. The third-order valence-corrected chi connectivity index (χ3v) is 5.20. The van der Waals surface area contributed by atoms with E-state index in [4.69, 9.17) is 10.8 Å². The summed E-state index contributed by atoms with van der Waals surface area (Å²) in [7, 11) is 0. The van der Waals surface area contributed by atoms with Crippen molar-refractivity contribution in [3.8, 4) is 0 Å². The van der Waals surface area contributed by atoms with Crippen LogP contribution in [0.2, 0.25) is 0 Å². The number of hydrogen-bond acceptors (Lipinski definition) is 5. The smallest absolute Gasteiger partial charge is 0.326 e. The van der Waals surface area contributed by atoms with Crippen LogP contribution in [-0.2, 0) is 20.8 Å². The lowest BCUT2D eigenvalue weighted by molar-refractivity contribution is -0.143. The minimum atomic E-state index is -1.18. The molecule has 6 N–H and O–H groups in total. The number of aliphatic carboxylic acids is 1. The summed E-state index contributed by atoms with van der Waals surface area (Å²) >= 11 is 0. The summed E-state index contributed by atoms with van der Waals surface area (Å²) in [6.45, 7) is 3.00. The fraction of sp³-hybridized carbons (Fsp3) is 0.409. The molecule has 0 aliphatic heterocycles. The molecule has 2 rings (SSSR count). The van der Waals surface area contributed by atoms with Gasteiger partial charge in [-0.2, -0.15) is 0 Å². The summed E-state index contributed by atoms with van der Waals surface area (Å²) in [5, 5.41) is 25.7. The number of hydrogen-bond donors (Lipinski definition) is 5. The Kier molecular flexibility index (Phi) is 8.32. The van der Waals surface area contributed by atoms with Crippen molar-refractivity contribution in [3.63, 3.8) is 0 Å². The van der Waals surface area contributed by atoms with Crippen LogP contribution in [-0.4, -0.2) is 52.7 Å². The first-order chi connectivity index (χ1) is 14.3. The maximum absolute atomic E-state index is 12.9. The molecule has 0 saturated heterocycles. The monoisotopic (exact) mass is 415 g/mol. The van der Waals surface area contributed by atoms with E-state index in [1.165, 1.54) is 0 Å². The Morgan fingerprint density at radius 3 is 2.30 bits per heavy atom. The van der Waals surface area contributed by atoms with Crippen LogP contribution in [0.3, 0.4) is 0 Å². The molecule has 0 heterocycles. The lowest BCUT2D eigenvalue weighted by atomic mass is 9.97. The summed E-state index contributed by atoms with van der Waals surface area (Å²) in [5.41, 5.74) is 6.36. The fourth-order valence-electron chi connectivity index (χ4n) is 3.11. The molecule has 162 valence electrons. The van der Waals surface area contributed by atoms with E-state index < -0.39 is 42.5 Å². The molecule has 2 aromatic rings. The average Bonchev–Trinajstić information content (AvgIpc) is 2.75. The van der Waals surface area contributed by atoms with Gasteiger partial charge in [0.05, 0.1) is 6.61 Å². The molecule has 0 aliphatic rings. The van der Waals surface area contributed by atoms with Crippen LogP contribution < -0.4 is 16.4 Å². The van der Waals surface area contributed by atoms with Crippen LogP contribution in [0.4, 0.5) is 0 Å². The largest absolute Gasteiger partial charge is 0.480 e. The zero-order valence-electron chi connectivity index (χ0n) is 17.2. The number of rotatable bonds is 10. The molecule has 8 nitrogen and oxygen atoms in total. The third-order valence-electron chi connectivity index (χ3n) is 5.20. The van der Waals surface area contributed by atoms with Crippen molar-refractivity contribution < 1.29 is 24.6 Å². The van der Waals surface area contributed by atoms with E-state index >= 15 is 0 Å². The van der Waals surface area contributed by atoms with Gasteiger partial charge in [-0.05, 0) is 22.3 Å². The van der Waals surface area contributed by atoms with Gasteiger partial charge in [0, 0.05) is 6.42 Å². The fourth-order valence-corrected chi connectivity index (χ4v) is 3.11. The van der Waals surface area contributed by atoms with Crippen molar-refractivity contribution in [1.82, 2.24) is 10.6 Å². The molecule has 8 heteroatoms. The van der Waals surface area contributed by atoms with Gasteiger partial charge in [0.2, 0.25) is 11.8 Å². The van der Waals surface area contributed by atoms with Gasteiger partial charge < -0.3 is 26.6 Å². The van der Waals surface area contributed by atoms with Crippen molar-refractivity contribution in [2.24, 2.45) is 11.7 Å². The molecule has 0 radical (unpaired) electrons. The van der Waals surface area contributed by atoms with Crippen LogP contribution in [0.25, 0.3) is 10.8 Å². The third kappa shape index (κ3) is 6.01. The van der Waals surface area contributed by atoms with Crippen molar-refractivity contribution in [3.05, 3.63) is 48.0 Å². The number of aliphatic hydroxyl groups excluding tert-OH is 1. The highest BCUT2D eigenvalue weighted by Crippen LogP contribution is 2.17. The first-order valence-electron chi connectivity index (χ1n) is 9.94. The molecule has 0 aliphatic carbocycles. The van der Waals surface area contributed by atoms with Gasteiger partial charge in [-0.15, -0.1) is 0 Å². The zero-order valence-corrected chi connectivity index (χ0v) is 17.2. The van der Waals surface area contributed by atoms with Gasteiger partial charge in [0.25, 0.3) is 0 Å². The molecule has 0 fully saturated rings. The molecule has 0 saturated carbocycles. The Morgan fingerprint density at radius 2 is 1.70 bits per heavy atom. The maximum atomic E-state index is 12.9. The van der Waals surface area contributed by atoms with E-state index in [9.17, 15) is 19.5 Å². The first-order valence-corrected chi connectivity index (χ1v) is 9.94. The molecular weight excluding hydrogens is 386 g/mol. The summed E-state index contributed by atoms with van der Waals surface area (Å²) in [4.78, 5) is 36.7. The van der Waals surface area contributed by atoms with E-state index in [1.54, 1.807) is 6.92 Å². The summed E-state index contributed by atoms with van der Waals surface area (Å²) in [5.74, 6) is -2.73.